The average molecular weight is 342 g/mol. The van der Waals surface area contributed by atoms with Crippen molar-refractivity contribution in [1.29, 1.82) is 0 Å². The van der Waals surface area contributed by atoms with Gasteiger partial charge in [0.05, 0.1) is 6.04 Å². The van der Waals surface area contributed by atoms with Crippen LogP contribution in [0, 0.1) is 11.7 Å². The lowest BCUT2D eigenvalue weighted by atomic mass is 9.91. The van der Waals surface area contributed by atoms with Crippen molar-refractivity contribution >= 4 is 17.3 Å². The van der Waals surface area contributed by atoms with Crippen molar-refractivity contribution in [2.45, 2.75) is 31.7 Å². The lowest BCUT2D eigenvalue weighted by Gasteiger charge is -2.27. The van der Waals surface area contributed by atoms with Crippen LogP contribution in [0.4, 0.5) is 15.8 Å². The van der Waals surface area contributed by atoms with Crippen molar-refractivity contribution in [1.82, 2.24) is 0 Å². The van der Waals surface area contributed by atoms with E-state index in [0.717, 1.165) is 18.5 Å². The van der Waals surface area contributed by atoms with Crippen molar-refractivity contribution < 1.29 is 14.3 Å². The highest BCUT2D eigenvalue weighted by atomic mass is 19.1. The topological polar surface area (TPSA) is 61.4 Å². The van der Waals surface area contributed by atoms with E-state index < -0.39 is 12.5 Å². The number of hydrogen-bond acceptors (Lipinski definition) is 3. The Balaban J connectivity index is 1.84. The number of aliphatic hydroxyl groups is 1. The van der Waals surface area contributed by atoms with Gasteiger partial charge in [0.2, 0.25) is 5.91 Å². The van der Waals surface area contributed by atoms with E-state index in [2.05, 4.69) is 10.6 Å². The molecule has 1 unspecified atom stereocenters. The molecule has 0 radical (unpaired) electrons. The molecule has 0 aliphatic heterocycles. The summed E-state index contributed by atoms with van der Waals surface area (Å²) >= 11 is 0. The Hall–Kier alpha value is -2.40. The zero-order chi connectivity index (χ0) is 17.6. The molecule has 2 aromatic rings. The molecule has 1 aliphatic rings. The van der Waals surface area contributed by atoms with Gasteiger partial charge in [-0.25, -0.2) is 4.39 Å². The Morgan fingerprint density at radius 1 is 1.12 bits per heavy atom. The van der Waals surface area contributed by atoms with Gasteiger partial charge < -0.3 is 15.7 Å². The van der Waals surface area contributed by atoms with E-state index in [-0.39, 0.29) is 11.9 Å². The second-order valence-corrected chi connectivity index (χ2v) is 6.48. The number of carbonyl (C=O) groups excluding carboxylic acids is 1. The molecule has 132 valence electrons. The van der Waals surface area contributed by atoms with Crippen LogP contribution in [0.3, 0.4) is 0 Å². The molecule has 1 saturated carbocycles. The van der Waals surface area contributed by atoms with E-state index in [9.17, 15) is 9.18 Å². The van der Waals surface area contributed by atoms with Crippen LogP contribution in [-0.4, -0.2) is 17.6 Å². The van der Waals surface area contributed by atoms with E-state index in [1.54, 1.807) is 18.2 Å². The van der Waals surface area contributed by atoms with E-state index >= 15 is 0 Å². The highest BCUT2D eigenvalue weighted by molar-refractivity contribution is 5.91. The van der Waals surface area contributed by atoms with Gasteiger partial charge in [0.25, 0.3) is 0 Å². The quantitative estimate of drug-likeness (QED) is 0.741. The Morgan fingerprint density at radius 2 is 1.84 bits per heavy atom. The normalized spacial score (nSPS) is 15.8. The predicted octanol–water partition coefficient (Wildman–Crippen LogP) is 4.10. The fraction of sp³-hybridized carbons (Fsp3) is 0.350. The summed E-state index contributed by atoms with van der Waals surface area (Å²) in [5.41, 5.74) is 2.10. The highest BCUT2D eigenvalue weighted by Gasteiger charge is 2.28. The largest absolute Gasteiger partial charge is 0.387 e. The molecule has 0 spiro atoms. The van der Waals surface area contributed by atoms with Crippen LogP contribution in [0.25, 0.3) is 0 Å². The van der Waals surface area contributed by atoms with E-state index in [1.165, 1.54) is 18.9 Å². The van der Waals surface area contributed by atoms with Gasteiger partial charge in [-0.3, -0.25) is 4.79 Å². The third kappa shape index (κ3) is 4.37. The number of nitrogens with one attached hydrogen (secondary N) is 2. The third-order valence-electron chi connectivity index (χ3n) is 4.72. The van der Waals surface area contributed by atoms with Gasteiger partial charge in [0.15, 0.2) is 0 Å². The van der Waals surface area contributed by atoms with Crippen molar-refractivity contribution in [3.8, 4) is 0 Å². The van der Waals surface area contributed by atoms with Crippen molar-refractivity contribution in [2.75, 3.05) is 17.2 Å². The van der Waals surface area contributed by atoms with Crippen LogP contribution in [-0.2, 0) is 4.79 Å². The number of benzene rings is 2. The maximum absolute atomic E-state index is 14.4. The van der Waals surface area contributed by atoms with Crippen LogP contribution in [0.15, 0.2) is 48.5 Å². The number of hydrogen-bond donors (Lipinski definition) is 3. The molecule has 1 aliphatic carbocycles. The first kappa shape index (κ1) is 17.4. The van der Waals surface area contributed by atoms with E-state index in [4.69, 9.17) is 5.11 Å². The molecule has 1 atom stereocenters. The van der Waals surface area contributed by atoms with Gasteiger partial charge in [0, 0.05) is 16.9 Å². The third-order valence-corrected chi connectivity index (χ3v) is 4.72. The average Bonchev–Trinajstić information content (AvgIpc) is 3.15. The zero-order valence-corrected chi connectivity index (χ0v) is 14.0. The molecular weight excluding hydrogens is 319 g/mol. The number of carbonyl (C=O) groups is 1. The van der Waals surface area contributed by atoms with Gasteiger partial charge in [-0.15, -0.1) is 0 Å². The smallest absolute Gasteiger partial charge is 0.250 e. The molecule has 0 heterocycles. The standard InChI is InChI=1S/C20H23FN2O2/c21-18-11-4-3-10-17(18)20(14-6-1-2-7-14)23-16-9-5-8-15(12-16)22-19(25)13-24/h3-5,8-12,14,20,23-24H,1-2,6-7,13H2,(H,22,25). The van der Waals surface area contributed by atoms with Crippen LogP contribution in [0.2, 0.25) is 0 Å². The van der Waals surface area contributed by atoms with E-state index in [1.807, 2.05) is 24.3 Å². The molecule has 25 heavy (non-hydrogen) atoms. The minimum absolute atomic E-state index is 0.104. The molecule has 0 aromatic heterocycles. The summed E-state index contributed by atoms with van der Waals surface area (Å²) in [6.45, 7) is -0.558. The van der Waals surface area contributed by atoms with Gasteiger partial charge in [0.1, 0.15) is 12.4 Å². The molecular formula is C20H23FN2O2. The van der Waals surface area contributed by atoms with Gasteiger partial charge in [-0.2, -0.15) is 0 Å². The molecule has 5 heteroatoms. The minimum atomic E-state index is -0.558. The number of amides is 1. The molecule has 4 nitrogen and oxygen atoms in total. The lowest BCUT2D eigenvalue weighted by Crippen LogP contribution is -2.20. The van der Waals surface area contributed by atoms with Gasteiger partial charge >= 0.3 is 0 Å². The summed E-state index contributed by atoms with van der Waals surface area (Å²) in [4.78, 5) is 11.4. The fourth-order valence-corrected chi connectivity index (χ4v) is 3.53. The number of anilines is 2. The first-order valence-corrected chi connectivity index (χ1v) is 8.69. The summed E-state index contributed by atoms with van der Waals surface area (Å²) in [5.74, 6) is -0.275. The predicted molar refractivity (Wildman–Crippen MR) is 96.9 cm³/mol. The number of halogens is 1. The summed E-state index contributed by atoms with van der Waals surface area (Å²) in [5, 5.41) is 14.9. The highest BCUT2D eigenvalue weighted by Crippen LogP contribution is 2.39. The van der Waals surface area contributed by atoms with Crippen LogP contribution >= 0.6 is 0 Å². The monoisotopic (exact) mass is 342 g/mol. The van der Waals surface area contributed by atoms with Crippen molar-refractivity contribution in [2.24, 2.45) is 5.92 Å². The Morgan fingerprint density at radius 3 is 2.56 bits per heavy atom. The molecule has 2 aromatic carbocycles. The fourth-order valence-electron chi connectivity index (χ4n) is 3.53. The Labute approximate surface area is 147 Å². The van der Waals surface area contributed by atoms with Gasteiger partial charge in [-0.1, -0.05) is 37.1 Å². The van der Waals surface area contributed by atoms with E-state index in [0.29, 0.717) is 17.2 Å². The molecule has 0 bridgehead atoms. The van der Waals surface area contributed by atoms with Gasteiger partial charge in [-0.05, 0) is 43.0 Å². The van der Waals surface area contributed by atoms with Crippen molar-refractivity contribution in [3.05, 3.63) is 59.9 Å². The molecule has 1 fully saturated rings. The second kappa shape index (κ2) is 8.12. The van der Waals surface area contributed by atoms with Crippen LogP contribution < -0.4 is 10.6 Å². The first-order chi connectivity index (χ1) is 12.2. The van der Waals surface area contributed by atoms with Crippen LogP contribution in [0.5, 0.6) is 0 Å². The number of aliphatic hydroxyl groups excluding tert-OH is 1. The summed E-state index contributed by atoms with van der Waals surface area (Å²) in [6, 6.07) is 14.1. The summed E-state index contributed by atoms with van der Waals surface area (Å²) in [7, 11) is 0. The maximum atomic E-state index is 14.4. The Kier molecular flexibility index (Phi) is 5.66. The van der Waals surface area contributed by atoms with Crippen molar-refractivity contribution in [3.63, 3.8) is 0 Å². The Bertz CT molecular complexity index is 729. The number of rotatable bonds is 6. The lowest BCUT2D eigenvalue weighted by molar-refractivity contribution is -0.118. The molecule has 3 rings (SSSR count). The second-order valence-electron chi connectivity index (χ2n) is 6.48. The van der Waals surface area contributed by atoms with Crippen LogP contribution in [0.1, 0.15) is 37.3 Å². The summed E-state index contributed by atoms with van der Waals surface area (Å²) in [6.07, 6.45) is 4.49. The first-order valence-electron chi connectivity index (χ1n) is 8.69. The molecule has 3 N–H and O–H groups in total. The SMILES string of the molecule is O=C(CO)Nc1cccc(NC(c2ccccc2F)C2CCCC2)c1. The molecule has 0 saturated heterocycles. The minimum Gasteiger partial charge on any atom is -0.387 e. The summed E-state index contributed by atoms with van der Waals surface area (Å²) < 4.78 is 14.4. The zero-order valence-electron chi connectivity index (χ0n) is 14.0. The maximum Gasteiger partial charge on any atom is 0.250 e. The molecule has 1 amide bonds.